The highest BCUT2D eigenvalue weighted by Crippen LogP contribution is 2.42. The minimum absolute atomic E-state index is 0.0352. The van der Waals surface area contributed by atoms with Crippen molar-refractivity contribution in [1.29, 1.82) is 1.43 Å². The van der Waals surface area contributed by atoms with E-state index in [9.17, 15) is 5.11 Å². The van der Waals surface area contributed by atoms with Crippen molar-refractivity contribution in [3.05, 3.63) is 29.8 Å². The van der Waals surface area contributed by atoms with Crippen LogP contribution in [0.5, 0.6) is 5.75 Å². The summed E-state index contributed by atoms with van der Waals surface area (Å²) in [6.07, 6.45) is -1.45. The minimum Gasteiger partial charge on any atom is -0.508 e. The number of nitrogens with zero attached hydrogens (tertiary/aromatic N) is 1. The molecule has 1 aliphatic rings. The second-order valence-electron chi connectivity index (χ2n) is 4.67. The molecule has 1 saturated carbocycles. The van der Waals surface area contributed by atoms with E-state index < -0.39 is 38.4 Å². The van der Waals surface area contributed by atoms with Crippen molar-refractivity contribution in [3.63, 3.8) is 0 Å². The maximum atomic E-state index is 11.4. The molecule has 0 saturated heterocycles. The standard InChI is InChI=1S/C15H23NO2/c1-16(2)11-13-6-3-4-9-15(13,18)12-7-5-8-14(17)10-12/h5,7-8,10,13,17-18H,3-4,6,9,11H2,1-2H3/t13-,15+/m0/s1/i1D3,2D3,9D2/hD. The Morgan fingerprint density at radius 1 is 1.56 bits per heavy atom. The summed E-state index contributed by atoms with van der Waals surface area (Å²) in [6.45, 7) is -6.39. The van der Waals surface area contributed by atoms with Gasteiger partial charge in [-0.05, 0) is 44.4 Å². The number of phenols is 1. The Labute approximate surface area is 122 Å². The first-order chi connectivity index (χ1) is 12.2. The zero-order valence-electron chi connectivity index (χ0n) is 19.0. The quantitative estimate of drug-likeness (QED) is 0.871. The van der Waals surface area contributed by atoms with Crippen LogP contribution in [0, 0.1) is 5.92 Å². The van der Waals surface area contributed by atoms with E-state index in [1.807, 2.05) is 0 Å². The van der Waals surface area contributed by atoms with E-state index in [1.165, 1.54) is 24.3 Å². The first-order valence-electron chi connectivity index (χ1n) is 10.4. The van der Waals surface area contributed by atoms with Crippen LogP contribution in [-0.2, 0) is 5.60 Å². The maximum absolute atomic E-state index is 11.4. The molecule has 3 nitrogen and oxygen atoms in total. The molecule has 1 aromatic carbocycles. The number of benzene rings is 1. The summed E-state index contributed by atoms with van der Waals surface area (Å²) in [4.78, 5) is 0.349. The predicted molar refractivity (Wildman–Crippen MR) is 72.5 cm³/mol. The Kier molecular flexibility index (Phi) is 1.74. The van der Waals surface area contributed by atoms with Crippen LogP contribution in [0.2, 0.25) is 0 Å². The fourth-order valence-corrected chi connectivity index (χ4v) is 2.50. The molecule has 3 heteroatoms. The largest absolute Gasteiger partial charge is 0.508 e. The van der Waals surface area contributed by atoms with Gasteiger partial charge in [0.05, 0.1) is 5.60 Å². The van der Waals surface area contributed by atoms with Crippen LogP contribution in [0.15, 0.2) is 24.3 Å². The summed E-state index contributed by atoms with van der Waals surface area (Å²) in [6, 6.07) is 5.74. The van der Waals surface area contributed by atoms with Crippen molar-refractivity contribution in [2.24, 2.45) is 5.92 Å². The van der Waals surface area contributed by atoms with Crippen molar-refractivity contribution in [2.45, 2.75) is 31.2 Å². The molecule has 100 valence electrons. The Morgan fingerprint density at radius 3 is 3.22 bits per heavy atom. The second kappa shape index (κ2) is 5.29. The van der Waals surface area contributed by atoms with Gasteiger partial charge in [-0.2, -0.15) is 0 Å². The Hall–Kier alpha value is -1.06. The minimum atomic E-state index is -2.93. The van der Waals surface area contributed by atoms with Crippen LogP contribution >= 0.6 is 0 Å². The van der Waals surface area contributed by atoms with Crippen LogP contribution in [0.25, 0.3) is 0 Å². The molecule has 18 heavy (non-hydrogen) atoms. The van der Waals surface area contributed by atoms with E-state index in [1.54, 1.807) is 0 Å². The van der Waals surface area contributed by atoms with E-state index in [2.05, 4.69) is 5.11 Å². The molecular formula is C15H23NO2. The maximum Gasteiger partial charge on any atom is 0.293 e. The molecule has 1 aromatic rings. The van der Waals surface area contributed by atoms with Crippen LogP contribution in [0.3, 0.4) is 0 Å². The lowest BCUT2D eigenvalue weighted by Crippen LogP contribution is -2.43. The lowest BCUT2D eigenvalue weighted by atomic mass is 9.71. The van der Waals surface area contributed by atoms with Crippen LogP contribution < -0.4 is 0 Å². The third-order valence-corrected chi connectivity index (χ3v) is 3.39. The van der Waals surface area contributed by atoms with Crippen molar-refractivity contribution < 1.29 is 21.2 Å². The third kappa shape index (κ3) is 2.68. The van der Waals surface area contributed by atoms with E-state index in [4.69, 9.17) is 12.4 Å². The lowest BCUT2D eigenvalue weighted by molar-refractivity contribution is -0.0619. The van der Waals surface area contributed by atoms with Gasteiger partial charge in [0.15, 0.2) is 0 Å². The Balaban J connectivity index is 2.52. The van der Waals surface area contributed by atoms with Crippen LogP contribution in [-0.4, -0.2) is 37.0 Å². The smallest absolute Gasteiger partial charge is 0.293 e. The van der Waals surface area contributed by atoms with Crippen molar-refractivity contribution in [2.75, 3.05) is 20.5 Å². The highest BCUT2D eigenvalue weighted by molar-refractivity contribution is 5.32. The SMILES string of the molecule is [2H]Oc1cccc([C@@]2(O)[C@H](CN(C([2H])([2H])[2H])C([2H])([2H])[2H])CCCC2([2H])[2H])c1. The molecular weight excluding hydrogens is 226 g/mol. The molecule has 2 rings (SSSR count). The Bertz CT molecular complexity index is 647. The first-order valence-corrected chi connectivity index (χ1v) is 5.97. The molecule has 1 aliphatic carbocycles. The molecule has 0 aromatic heterocycles. The van der Waals surface area contributed by atoms with Gasteiger partial charge in [-0.25, -0.2) is 0 Å². The van der Waals surface area contributed by atoms with Gasteiger partial charge in [0.2, 0.25) is 0 Å². The summed E-state index contributed by atoms with van der Waals surface area (Å²) < 4.78 is 69.0. The highest BCUT2D eigenvalue weighted by Gasteiger charge is 2.40. The van der Waals surface area contributed by atoms with E-state index in [-0.39, 0.29) is 24.2 Å². The van der Waals surface area contributed by atoms with Gasteiger partial charge in [-0.15, -0.1) is 0 Å². The monoisotopic (exact) mass is 258 g/mol. The first kappa shape index (κ1) is 5.93. The van der Waals surface area contributed by atoms with Gasteiger partial charge >= 0.3 is 0 Å². The number of aromatic hydroxyl groups is 1. The Morgan fingerprint density at radius 2 is 2.44 bits per heavy atom. The fraction of sp³-hybridized carbons (Fsp3) is 0.600. The number of hydrogen-bond acceptors (Lipinski definition) is 3. The number of aliphatic hydroxyl groups is 1. The van der Waals surface area contributed by atoms with E-state index >= 15 is 0 Å². The van der Waals surface area contributed by atoms with E-state index in [0.29, 0.717) is 11.3 Å². The molecule has 2 atom stereocenters. The van der Waals surface area contributed by atoms with Crippen LogP contribution in [0.4, 0.5) is 0 Å². The van der Waals surface area contributed by atoms with Gasteiger partial charge < -0.3 is 15.1 Å². The van der Waals surface area contributed by atoms with Gasteiger partial charge in [-0.3, -0.25) is 0 Å². The third-order valence-electron chi connectivity index (χ3n) is 3.39. The predicted octanol–water partition coefficient (Wildman–Crippen LogP) is 2.33. The molecule has 0 radical (unpaired) electrons. The normalized spacial score (nSPS) is 39.9. The summed E-state index contributed by atoms with van der Waals surface area (Å²) in [5.41, 5.74) is -2.01. The number of phenolic OH excluding ortho intramolecular Hbond substituents is 1. The van der Waals surface area contributed by atoms with Crippen molar-refractivity contribution in [3.8, 4) is 5.75 Å². The topological polar surface area (TPSA) is 43.7 Å². The summed E-state index contributed by atoms with van der Waals surface area (Å²) in [5, 5.41) is 15.9. The number of hydrogen-bond donors (Lipinski definition) is 2. The number of rotatable bonds is 4. The van der Waals surface area contributed by atoms with Gasteiger partial charge in [0, 0.05) is 23.4 Å². The summed E-state index contributed by atoms with van der Waals surface area (Å²) in [7, 11) is 0. The van der Waals surface area contributed by atoms with Gasteiger partial charge in [0.25, 0.3) is 1.43 Å². The zero-order valence-corrected chi connectivity index (χ0v) is 10.0. The molecule has 2 N–H and O–H groups in total. The second-order valence-corrected chi connectivity index (χ2v) is 4.67. The molecule has 0 aliphatic heterocycles. The van der Waals surface area contributed by atoms with Gasteiger partial charge in [0.1, 0.15) is 5.75 Å². The van der Waals surface area contributed by atoms with Crippen molar-refractivity contribution >= 4 is 0 Å². The molecule has 1 fully saturated rings. The lowest BCUT2D eigenvalue weighted by Gasteiger charge is -2.41. The van der Waals surface area contributed by atoms with Crippen LogP contribution in [0.1, 0.15) is 42.2 Å². The summed E-state index contributed by atoms with van der Waals surface area (Å²) in [5.74, 6) is -0.896. The van der Waals surface area contributed by atoms with Gasteiger partial charge in [-0.1, -0.05) is 25.0 Å². The van der Waals surface area contributed by atoms with Crippen molar-refractivity contribution in [1.82, 2.24) is 4.90 Å². The fourth-order valence-electron chi connectivity index (χ4n) is 2.50. The molecule has 0 spiro atoms. The zero-order chi connectivity index (χ0) is 20.7. The molecule has 0 unspecified atom stereocenters. The summed E-state index contributed by atoms with van der Waals surface area (Å²) >= 11 is 0. The average Bonchev–Trinajstić information content (AvgIpc) is 2.53. The highest BCUT2D eigenvalue weighted by atomic mass is 16.3. The average molecular weight is 258 g/mol. The molecule has 0 amide bonds. The molecule has 0 bridgehead atoms. The molecule has 0 heterocycles. The van der Waals surface area contributed by atoms with E-state index in [0.717, 1.165) is 0 Å².